The Hall–Kier alpha value is -5.47. The van der Waals surface area contributed by atoms with Crippen LogP contribution in [0.1, 0.15) is 65.2 Å². The first-order valence-electron chi connectivity index (χ1n) is 13.6. The van der Waals surface area contributed by atoms with E-state index in [4.69, 9.17) is 0 Å². The van der Waals surface area contributed by atoms with Crippen molar-refractivity contribution in [2.75, 3.05) is 10.2 Å². The van der Waals surface area contributed by atoms with E-state index in [0.717, 1.165) is 22.5 Å². The molecular formula is C34H21N3O5. The van der Waals surface area contributed by atoms with Crippen LogP contribution < -0.4 is 10.2 Å². The molecule has 8 nitrogen and oxygen atoms in total. The Labute approximate surface area is 239 Å². The van der Waals surface area contributed by atoms with E-state index in [9.17, 15) is 24.3 Å². The molecule has 202 valence electrons. The third-order valence-corrected chi connectivity index (χ3v) is 8.39. The maximum Gasteiger partial charge on any atom is 0.265 e. The molecule has 0 radical (unpaired) electrons. The van der Waals surface area contributed by atoms with Gasteiger partial charge in [0.05, 0.1) is 5.69 Å². The van der Waals surface area contributed by atoms with Crippen LogP contribution in [0.3, 0.4) is 0 Å². The number of anilines is 2. The number of amidine groups is 1. The van der Waals surface area contributed by atoms with Crippen LogP contribution in [0.25, 0.3) is 16.3 Å². The van der Waals surface area contributed by atoms with Crippen LogP contribution in [0.5, 0.6) is 0 Å². The van der Waals surface area contributed by atoms with Crippen LogP contribution in [-0.2, 0) is 0 Å². The number of benzene rings is 4. The fourth-order valence-corrected chi connectivity index (χ4v) is 6.35. The maximum atomic E-state index is 13.8. The Kier molecular flexibility index (Phi) is 5.08. The van der Waals surface area contributed by atoms with Gasteiger partial charge in [-0.3, -0.25) is 19.2 Å². The summed E-state index contributed by atoms with van der Waals surface area (Å²) in [6.45, 7) is 0. The third-order valence-electron chi connectivity index (χ3n) is 8.39. The van der Waals surface area contributed by atoms with Gasteiger partial charge in [-0.15, -0.1) is 0 Å². The number of nitrogens with zero attached hydrogens (tertiary/aromatic N) is 2. The molecule has 0 aromatic heterocycles. The number of hydrogen-bond donors (Lipinski definition) is 2. The summed E-state index contributed by atoms with van der Waals surface area (Å²) in [5.74, 6) is -3.31. The average Bonchev–Trinajstić information content (AvgIpc) is 3.55. The molecule has 4 aromatic rings. The number of carbonyl (C=O) groups excluding carboxylic acids is 4. The SMILES string of the molecule is O=C1c2ccc3c4c(ccc(c24)C(=O)C1C1=NC(O)c2ccccc2N1)C(=O)N(c1ccc(C2=CC=CC2)cc1)C3=O. The number of aliphatic imine (C=N–C) groups is 1. The van der Waals surface area contributed by atoms with E-state index in [2.05, 4.69) is 16.4 Å². The molecular weight excluding hydrogens is 530 g/mol. The summed E-state index contributed by atoms with van der Waals surface area (Å²) in [4.78, 5) is 60.6. The van der Waals surface area contributed by atoms with E-state index in [1.54, 1.807) is 48.5 Å². The van der Waals surface area contributed by atoms with Crippen molar-refractivity contribution in [3.63, 3.8) is 0 Å². The zero-order valence-electron chi connectivity index (χ0n) is 22.0. The lowest BCUT2D eigenvalue weighted by molar-refractivity contribution is 0.0839. The van der Waals surface area contributed by atoms with Crippen molar-refractivity contribution in [1.82, 2.24) is 0 Å². The first-order valence-corrected chi connectivity index (χ1v) is 13.6. The number of fused-ring (bicyclic) bond motifs is 1. The monoisotopic (exact) mass is 551 g/mol. The predicted octanol–water partition coefficient (Wildman–Crippen LogP) is 5.49. The molecule has 8 heteroatoms. The minimum absolute atomic E-state index is 0.0566. The average molecular weight is 552 g/mol. The van der Waals surface area contributed by atoms with Gasteiger partial charge in [0.15, 0.2) is 17.8 Å². The molecule has 1 atom stereocenters. The Balaban J connectivity index is 1.20. The Morgan fingerprint density at radius 3 is 2.02 bits per heavy atom. The van der Waals surface area contributed by atoms with Crippen molar-refractivity contribution in [2.24, 2.45) is 10.9 Å². The number of amides is 2. The number of aliphatic hydroxyl groups is 1. The van der Waals surface area contributed by atoms with Gasteiger partial charge >= 0.3 is 0 Å². The summed E-state index contributed by atoms with van der Waals surface area (Å²) in [5.41, 5.74) is 4.65. The summed E-state index contributed by atoms with van der Waals surface area (Å²) in [5, 5.41) is 14.3. The van der Waals surface area contributed by atoms with Gasteiger partial charge < -0.3 is 10.4 Å². The summed E-state index contributed by atoms with van der Waals surface area (Å²) in [6, 6.07) is 20.4. The molecule has 0 bridgehead atoms. The molecule has 2 N–H and O–H groups in total. The number of Topliss-reactive ketones (excluding diaryl/α,β-unsaturated/α-hetero) is 2. The highest BCUT2D eigenvalue weighted by molar-refractivity contribution is 6.43. The molecule has 2 aliphatic heterocycles. The van der Waals surface area contributed by atoms with Gasteiger partial charge in [0.25, 0.3) is 11.8 Å². The number of carbonyl (C=O) groups is 4. The fourth-order valence-electron chi connectivity index (χ4n) is 6.35. The molecule has 4 aliphatic rings. The normalized spacial score (nSPS) is 19.2. The van der Waals surface area contributed by atoms with E-state index >= 15 is 0 Å². The highest BCUT2D eigenvalue weighted by Gasteiger charge is 2.44. The van der Waals surface area contributed by atoms with Crippen molar-refractivity contribution in [3.8, 4) is 0 Å². The van der Waals surface area contributed by atoms with Gasteiger partial charge in [-0.25, -0.2) is 9.89 Å². The summed E-state index contributed by atoms with van der Waals surface area (Å²) in [7, 11) is 0. The number of rotatable bonds is 3. The molecule has 1 unspecified atom stereocenters. The second kappa shape index (κ2) is 8.76. The molecule has 2 aliphatic carbocycles. The van der Waals surface area contributed by atoms with Gasteiger partial charge in [-0.2, -0.15) is 0 Å². The Morgan fingerprint density at radius 1 is 0.762 bits per heavy atom. The predicted molar refractivity (Wildman–Crippen MR) is 158 cm³/mol. The van der Waals surface area contributed by atoms with Gasteiger partial charge in [0, 0.05) is 44.3 Å². The highest BCUT2D eigenvalue weighted by atomic mass is 16.3. The first kappa shape index (κ1) is 24.3. The van der Waals surface area contributed by atoms with E-state index in [0.29, 0.717) is 27.7 Å². The molecule has 0 saturated carbocycles. The van der Waals surface area contributed by atoms with E-state index in [-0.39, 0.29) is 28.1 Å². The number of ketones is 2. The van der Waals surface area contributed by atoms with Crippen molar-refractivity contribution in [2.45, 2.75) is 12.6 Å². The summed E-state index contributed by atoms with van der Waals surface area (Å²) < 4.78 is 0. The van der Waals surface area contributed by atoms with Crippen molar-refractivity contribution >= 4 is 56.9 Å². The minimum Gasteiger partial charge on any atom is -0.368 e. The molecule has 8 rings (SSSR count). The lowest BCUT2D eigenvalue weighted by Gasteiger charge is -2.32. The van der Waals surface area contributed by atoms with Crippen molar-refractivity contribution < 1.29 is 24.3 Å². The van der Waals surface area contributed by atoms with Gasteiger partial charge in [-0.05, 0) is 60.0 Å². The number of allylic oxidation sites excluding steroid dienone is 4. The smallest absolute Gasteiger partial charge is 0.265 e. The topological polar surface area (TPSA) is 116 Å². The van der Waals surface area contributed by atoms with E-state index in [1.165, 1.54) is 12.1 Å². The number of aliphatic hydroxyl groups excluding tert-OH is 1. The van der Waals surface area contributed by atoms with Crippen molar-refractivity contribution in [3.05, 3.63) is 124 Å². The molecule has 0 saturated heterocycles. The molecule has 0 spiro atoms. The molecule has 4 aromatic carbocycles. The first-order chi connectivity index (χ1) is 20.4. The fraction of sp³-hybridized carbons (Fsp3) is 0.0882. The number of nitrogens with one attached hydrogen (secondary N) is 1. The van der Waals surface area contributed by atoms with Crippen LogP contribution in [-0.4, -0.2) is 34.3 Å². The number of imide groups is 1. The van der Waals surface area contributed by atoms with Gasteiger partial charge in [0.2, 0.25) is 0 Å². The Morgan fingerprint density at radius 2 is 1.38 bits per heavy atom. The molecule has 2 amide bonds. The van der Waals surface area contributed by atoms with E-state index < -0.39 is 35.5 Å². The van der Waals surface area contributed by atoms with Gasteiger partial charge in [0.1, 0.15) is 11.8 Å². The van der Waals surface area contributed by atoms with E-state index in [1.807, 2.05) is 24.3 Å². The summed E-state index contributed by atoms with van der Waals surface area (Å²) >= 11 is 0. The second-order valence-electron chi connectivity index (χ2n) is 10.6. The third kappa shape index (κ3) is 3.30. The highest BCUT2D eigenvalue weighted by Crippen LogP contribution is 2.41. The zero-order valence-corrected chi connectivity index (χ0v) is 22.0. The van der Waals surface area contributed by atoms with Crippen LogP contribution in [0, 0.1) is 5.92 Å². The van der Waals surface area contributed by atoms with Crippen LogP contribution in [0.15, 0.2) is 96.0 Å². The van der Waals surface area contributed by atoms with Crippen LogP contribution >= 0.6 is 0 Å². The Bertz CT molecular complexity index is 1970. The van der Waals surface area contributed by atoms with Crippen molar-refractivity contribution in [1.29, 1.82) is 0 Å². The second-order valence-corrected chi connectivity index (χ2v) is 10.6. The lowest BCUT2D eigenvalue weighted by Crippen LogP contribution is -2.43. The van der Waals surface area contributed by atoms with Gasteiger partial charge in [-0.1, -0.05) is 48.6 Å². The standard InChI is InChI=1S/C34H21N3O5/c38-29-21-13-15-23-27-24(34(42)37(33(23)41)19-11-9-18(10-12-19)17-5-1-2-6-17)16-14-22(26(21)27)30(39)28(29)31-35-25-8-4-3-7-20(25)32(40)36-31/h1-5,7-16,28,32,40H,6H2,(H,35,36). The summed E-state index contributed by atoms with van der Waals surface area (Å²) in [6.07, 6.45) is 5.70. The quantitative estimate of drug-likeness (QED) is 0.257. The molecule has 0 fully saturated rings. The number of para-hydroxylation sites is 1. The number of hydrogen-bond acceptors (Lipinski definition) is 7. The molecule has 2 heterocycles. The maximum absolute atomic E-state index is 13.8. The zero-order chi connectivity index (χ0) is 28.7. The van der Waals surface area contributed by atoms with Crippen LogP contribution in [0.2, 0.25) is 0 Å². The largest absolute Gasteiger partial charge is 0.368 e. The minimum atomic E-state index is -1.30. The molecule has 42 heavy (non-hydrogen) atoms. The lowest BCUT2D eigenvalue weighted by atomic mass is 9.76. The van der Waals surface area contributed by atoms with Crippen LogP contribution in [0.4, 0.5) is 11.4 Å².